The van der Waals surface area contributed by atoms with Crippen LogP contribution in [0.4, 0.5) is 0 Å². The van der Waals surface area contributed by atoms with Gasteiger partial charge >= 0.3 is 7.82 Å². The van der Waals surface area contributed by atoms with E-state index in [2.05, 4.69) is 102 Å². The summed E-state index contributed by atoms with van der Waals surface area (Å²) in [5, 5.41) is 8.88. The normalized spacial score (nSPS) is 10.2. The molecule has 0 unspecified atom stereocenters. The second kappa shape index (κ2) is 13.7. The lowest BCUT2D eigenvalue weighted by Gasteiger charge is -2.05. The van der Waals surface area contributed by atoms with E-state index in [9.17, 15) is 4.57 Å². The minimum Gasteiger partial charge on any atom is -0.508 e. The van der Waals surface area contributed by atoms with E-state index in [1.54, 1.807) is 0 Å². The minimum atomic E-state index is -4.52. The van der Waals surface area contributed by atoms with Gasteiger partial charge in [0.05, 0.1) is 0 Å². The van der Waals surface area contributed by atoms with Crippen molar-refractivity contribution in [1.82, 2.24) is 0 Å². The van der Waals surface area contributed by atoms with Crippen LogP contribution in [0, 0.1) is 0 Å². The quantitative estimate of drug-likeness (QED) is 0.223. The second-order valence-electron chi connectivity index (χ2n) is 7.54. The van der Waals surface area contributed by atoms with Gasteiger partial charge in [-0.3, -0.25) is 9.79 Å². The summed E-state index contributed by atoms with van der Waals surface area (Å²) in [4.78, 5) is 16.7. The van der Waals surface area contributed by atoms with Crippen LogP contribution in [0.5, 0.6) is 11.5 Å². The minimum absolute atomic E-state index is 0.0664. The molecule has 3 N–H and O–H groups in total. The van der Waals surface area contributed by atoms with Crippen LogP contribution in [0.2, 0.25) is 0 Å². The van der Waals surface area contributed by atoms with Gasteiger partial charge in [0, 0.05) is 6.07 Å². The molecule has 0 radical (unpaired) electrons. The predicted molar refractivity (Wildman–Crippen MR) is 145 cm³/mol. The van der Waals surface area contributed by atoms with Crippen molar-refractivity contribution in [2.24, 2.45) is 0 Å². The zero-order chi connectivity index (χ0) is 25.6. The van der Waals surface area contributed by atoms with Crippen LogP contribution >= 0.6 is 7.82 Å². The molecule has 6 heteroatoms. The van der Waals surface area contributed by atoms with Crippen molar-refractivity contribution in [3.63, 3.8) is 0 Å². The van der Waals surface area contributed by atoms with Crippen molar-refractivity contribution in [2.75, 3.05) is 0 Å². The number of hydrogen-bond acceptors (Lipinski definition) is 3. The smallest absolute Gasteiger partial charge is 0.508 e. The summed E-state index contributed by atoms with van der Waals surface area (Å²) in [5.74, 6) is -0.177. The molecule has 36 heavy (non-hydrogen) atoms. The van der Waals surface area contributed by atoms with Crippen molar-refractivity contribution in [3.05, 3.63) is 146 Å². The SMILES string of the molecule is O=P(O)(O)Oc1cccc(O)c1.c1ccc(-c2ccccc2)cc1.c1ccc(-c2ccccc2)cc1. The van der Waals surface area contributed by atoms with Gasteiger partial charge in [-0.15, -0.1) is 0 Å². The van der Waals surface area contributed by atoms with E-state index in [1.165, 1.54) is 40.5 Å². The van der Waals surface area contributed by atoms with Crippen molar-refractivity contribution in [2.45, 2.75) is 0 Å². The van der Waals surface area contributed by atoms with Crippen molar-refractivity contribution in [3.8, 4) is 33.8 Å². The molecule has 0 bridgehead atoms. The summed E-state index contributed by atoms with van der Waals surface area (Å²) in [5.41, 5.74) is 5.10. The van der Waals surface area contributed by atoms with Crippen LogP contribution in [0.15, 0.2) is 146 Å². The number of phenols is 1. The third kappa shape index (κ3) is 9.61. The first-order chi connectivity index (χ1) is 17.4. The Bertz CT molecular complexity index is 1190. The Morgan fingerprint density at radius 2 is 0.806 bits per heavy atom. The Hall–Kier alpha value is -4.15. The molecule has 0 fully saturated rings. The van der Waals surface area contributed by atoms with E-state index in [1.807, 2.05) is 24.3 Å². The monoisotopic (exact) mass is 498 g/mol. The lowest BCUT2D eigenvalue weighted by Crippen LogP contribution is -1.89. The molecule has 5 nitrogen and oxygen atoms in total. The molecule has 0 aromatic heterocycles. The van der Waals surface area contributed by atoms with E-state index in [-0.39, 0.29) is 11.5 Å². The first kappa shape index (κ1) is 26.5. The van der Waals surface area contributed by atoms with Gasteiger partial charge in [0.25, 0.3) is 0 Å². The topological polar surface area (TPSA) is 87.0 Å². The Morgan fingerprint density at radius 3 is 1.08 bits per heavy atom. The second-order valence-corrected chi connectivity index (χ2v) is 8.71. The predicted octanol–water partition coefficient (Wildman–Crippen LogP) is 7.57. The third-order valence-corrected chi connectivity index (χ3v) is 5.25. The lowest BCUT2D eigenvalue weighted by atomic mass is 10.1. The zero-order valence-electron chi connectivity index (χ0n) is 19.5. The van der Waals surface area contributed by atoms with Gasteiger partial charge < -0.3 is 9.63 Å². The molecule has 0 heterocycles. The zero-order valence-corrected chi connectivity index (χ0v) is 20.4. The fraction of sp³-hybridized carbons (Fsp3) is 0. The van der Waals surface area contributed by atoms with Gasteiger partial charge in [-0.2, -0.15) is 0 Å². The molecule has 0 aliphatic carbocycles. The summed E-state index contributed by atoms with van der Waals surface area (Å²) in [7, 11) is -4.52. The highest BCUT2D eigenvalue weighted by molar-refractivity contribution is 7.46. The first-order valence-corrected chi connectivity index (χ1v) is 12.7. The van der Waals surface area contributed by atoms with Crippen LogP contribution in [-0.2, 0) is 4.57 Å². The number of aromatic hydroxyl groups is 1. The fourth-order valence-electron chi connectivity index (χ4n) is 3.20. The molecule has 0 atom stereocenters. The van der Waals surface area contributed by atoms with Crippen LogP contribution in [0.1, 0.15) is 0 Å². The fourth-order valence-corrected chi connectivity index (χ4v) is 3.59. The van der Waals surface area contributed by atoms with Gasteiger partial charge in [0.1, 0.15) is 11.5 Å². The maximum atomic E-state index is 10.3. The summed E-state index contributed by atoms with van der Waals surface area (Å²) < 4.78 is 14.5. The molecule has 5 aromatic rings. The van der Waals surface area contributed by atoms with E-state index >= 15 is 0 Å². The molecule has 0 amide bonds. The molecule has 5 rings (SSSR count). The lowest BCUT2D eigenvalue weighted by molar-refractivity contribution is 0.283. The molecular weight excluding hydrogens is 471 g/mol. The number of phenolic OH excluding ortho intramolecular Hbond substituents is 1. The average molecular weight is 499 g/mol. The number of rotatable bonds is 4. The molecule has 0 spiro atoms. The molecule has 5 aromatic carbocycles. The Balaban J connectivity index is 0.000000150. The van der Waals surface area contributed by atoms with Gasteiger partial charge in [0.15, 0.2) is 0 Å². The molecule has 0 saturated heterocycles. The van der Waals surface area contributed by atoms with Gasteiger partial charge in [0.2, 0.25) is 0 Å². The molecular formula is C30H27O5P. The maximum Gasteiger partial charge on any atom is 0.524 e. The molecule has 182 valence electrons. The van der Waals surface area contributed by atoms with E-state index in [4.69, 9.17) is 14.9 Å². The summed E-state index contributed by atoms with van der Waals surface area (Å²) in [6.45, 7) is 0. The summed E-state index contributed by atoms with van der Waals surface area (Å²) >= 11 is 0. The average Bonchev–Trinajstić information content (AvgIpc) is 2.91. The van der Waals surface area contributed by atoms with Gasteiger partial charge in [-0.1, -0.05) is 127 Å². The maximum absolute atomic E-state index is 10.3. The Labute approximate surface area is 211 Å². The van der Waals surface area contributed by atoms with Gasteiger partial charge in [-0.25, -0.2) is 4.57 Å². The van der Waals surface area contributed by atoms with E-state index in [0.717, 1.165) is 6.07 Å². The molecule has 0 saturated carbocycles. The molecule has 0 aliphatic rings. The number of hydrogen-bond donors (Lipinski definition) is 3. The number of phosphoric ester groups is 1. The van der Waals surface area contributed by atoms with Crippen LogP contribution in [0.3, 0.4) is 0 Å². The van der Waals surface area contributed by atoms with E-state index in [0.29, 0.717) is 0 Å². The van der Waals surface area contributed by atoms with Crippen LogP contribution < -0.4 is 4.52 Å². The highest BCUT2D eigenvalue weighted by atomic mass is 31.2. The van der Waals surface area contributed by atoms with Gasteiger partial charge in [-0.05, 0) is 34.4 Å². The van der Waals surface area contributed by atoms with E-state index < -0.39 is 7.82 Å². The third-order valence-electron chi connectivity index (χ3n) is 4.80. The number of benzene rings is 5. The van der Waals surface area contributed by atoms with Crippen molar-refractivity contribution in [1.29, 1.82) is 0 Å². The summed E-state index contributed by atoms with van der Waals surface area (Å²) in [6, 6.07) is 46.8. The number of phosphoric acid groups is 1. The highest BCUT2D eigenvalue weighted by Gasteiger charge is 2.15. The Morgan fingerprint density at radius 1 is 0.472 bits per heavy atom. The Kier molecular flexibility index (Phi) is 10.0. The van der Waals surface area contributed by atoms with Crippen molar-refractivity contribution < 1.29 is 24.0 Å². The first-order valence-electron chi connectivity index (χ1n) is 11.2. The largest absolute Gasteiger partial charge is 0.524 e. The summed E-state index contributed by atoms with van der Waals surface area (Å²) in [6.07, 6.45) is 0. The standard InChI is InChI=1S/2C12H10.C6H7O5P/c2*1-3-7-11(8-4-1)12-9-5-2-6-10-12;7-5-2-1-3-6(4-5)11-12(8,9)10/h2*1-10H;1-4,7H,(H2,8,9,10). The highest BCUT2D eigenvalue weighted by Crippen LogP contribution is 2.38. The van der Waals surface area contributed by atoms with Crippen LogP contribution in [0.25, 0.3) is 22.3 Å². The van der Waals surface area contributed by atoms with Crippen LogP contribution in [-0.4, -0.2) is 14.9 Å². The van der Waals surface area contributed by atoms with Crippen molar-refractivity contribution >= 4 is 7.82 Å². The molecule has 0 aliphatic heterocycles.